The molecule has 0 amide bonds. The van der Waals surface area contributed by atoms with Crippen LogP contribution in [0, 0.1) is 0 Å². The zero-order valence-corrected chi connectivity index (χ0v) is 18.4. The summed E-state index contributed by atoms with van der Waals surface area (Å²) in [6.45, 7) is 2.35. The SMILES string of the molecule is CN(C)c1ccc(C(CNS(=O)(=O)c2ccc3ccccc3c2)N2CCCC2)cc1. The quantitative estimate of drug-likeness (QED) is 0.624. The van der Waals surface area contributed by atoms with Crippen LogP contribution in [0.5, 0.6) is 0 Å². The fraction of sp³-hybridized carbons (Fsp3) is 0.333. The summed E-state index contributed by atoms with van der Waals surface area (Å²) in [7, 11) is 0.446. The van der Waals surface area contributed by atoms with Crippen molar-refractivity contribution in [3.63, 3.8) is 0 Å². The number of hydrogen-bond acceptors (Lipinski definition) is 4. The zero-order valence-electron chi connectivity index (χ0n) is 17.6. The number of nitrogens with zero attached hydrogens (tertiary/aromatic N) is 2. The maximum atomic E-state index is 13.0. The summed E-state index contributed by atoms with van der Waals surface area (Å²) < 4.78 is 28.9. The largest absolute Gasteiger partial charge is 0.378 e. The Morgan fingerprint density at radius 1 is 0.933 bits per heavy atom. The second-order valence-electron chi connectivity index (χ2n) is 8.11. The van der Waals surface area contributed by atoms with E-state index in [1.807, 2.05) is 44.4 Å². The first-order chi connectivity index (χ1) is 14.4. The summed E-state index contributed by atoms with van der Waals surface area (Å²) in [4.78, 5) is 4.76. The van der Waals surface area contributed by atoms with Crippen molar-refractivity contribution in [2.75, 3.05) is 38.6 Å². The summed E-state index contributed by atoms with van der Waals surface area (Å²) in [6.07, 6.45) is 2.31. The predicted octanol–water partition coefficient (Wildman–Crippen LogP) is 4.02. The first kappa shape index (κ1) is 20.8. The van der Waals surface area contributed by atoms with Crippen molar-refractivity contribution < 1.29 is 8.42 Å². The molecule has 0 spiro atoms. The number of fused-ring (bicyclic) bond motifs is 1. The average molecular weight is 424 g/mol. The Morgan fingerprint density at radius 3 is 2.27 bits per heavy atom. The van der Waals surface area contributed by atoms with Crippen LogP contribution in [0.4, 0.5) is 5.69 Å². The third-order valence-electron chi connectivity index (χ3n) is 5.87. The van der Waals surface area contributed by atoms with E-state index in [0.29, 0.717) is 11.4 Å². The lowest BCUT2D eigenvalue weighted by Gasteiger charge is -2.28. The molecule has 5 nitrogen and oxygen atoms in total. The minimum Gasteiger partial charge on any atom is -0.378 e. The van der Waals surface area contributed by atoms with Crippen molar-refractivity contribution >= 4 is 26.5 Å². The number of sulfonamides is 1. The minimum absolute atomic E-state index is 0.0268. The Bertz CT molecular complexity index is 1100. The Hall–Kier alpha value is -2.41. The molecule has 1 fully saturated rings. The van der Waals surface area contributed by atoms with E-state index in [4.69, 9.17) is 0 Å². The molecule has 3 aromatic rings. The van der Waals surface area contributed by atoms with E-state index in [-0.39, 0.29) is 6.04 Å². The van der Waals surface area contributed by atoms with E-state index in [1.165, 1.54) is 0 Å². The van der Waals surface area contributed by atoms with E-state index < -0.39 is 10.0 Å². The lowest BCUT2D eigenvalue weighted by atomic mass is 10.1. The predicted molar refractivity (Wildman–Crippen MR) is 123 cm³/mol. The van der Waals surface area contributed by atoms with Crippen LogP contribution in [0.2, 0.25) is 0 Å². The molecule has 1 aliphatic heterocycles. The van der Waals surface area contributed by atoms with Crippen LogP contribution in [0.1, 0.15) is 24.4 Å². The van der Waals surface area contributed by atoms with Gasteiger partial charge >= 0.3 is 0 Å². The molecule has 0 radical (unpaired) electrons. The number of likely N-dealkylation sites (tertiary alicyclic amines) is 1. The number of anilines is 1. The smallest absolute Gasteiger partial charge is 0.240 e. The molecule has 0 aliphatic carbocycles. The number of nitrogens with one attached hydrogen (secondary N) is 1. The fourth-order valence-corrected chi connectivity index (χ4v) is 5.19. The van der Waals surface area contributed by atoms with Crippen LogP contribution in [-0.2, 0) is 10.0 Å². The highest BCUT2D eigenvalue weighted by Crippen LogP contribution is 2.27. The van der Waals surface area contributed by atoms with Crippen LogP contribution in [0.15, 0.2) is 71.6 Å². The van der Waals surface area contributed by atoms with Crippen LogP contribution in [0.25, 0.3) is 10.8 Å². The van der Waals surface area contributed by atoms with Crippen molar-refractivity contribution in [1.82, 2.24) is 9.62 Å². The molecule has 1 atom stereocenters. The van der Waals surface area contributed by atoms with Gasteiger partial charge < -0.3 is 4.90 Å². The van der Waals surface area contributed by atoms with Gasteiger partial charge in [-0.15, -0.1) is 0 Å². The van der Waals surface area contributed by atoms with Crippen LogP contribution in [-0.4, -0.2) is 47.0 Å². The molecule has 4 rings (SSSR count). The second kappa shape index (κ2) is 8.76. The first-order valence-corrected chi connectivity index (χ1v) is 11.9. The number of benzene rings is 3. The van der Waals surface area contributed by atoms with Gasteiger partial charge in [0, 0.05) is 32.4 Å². The maximum Gasteiger partial charge on any atom is 0.240 e. The first-order valence-electron chi connectivity index (χ1n) is 10.4. The summed E-state index contributed by atoms with van der Waals surface area (Å²) in [5.74, 6) is 0. The van der Waals surface area contributed by atoms with E-state index in [1.54, 1.807) is 12.1 Å². The van der Waals surface area contributed by atoms with Gasteiger partial charge in [0.2, 0.25) is 10.0 Å². The fourth-order valence-electron chi connectivity index (χ4n) is 4.11. The van der Waals surface area contributed by atoms with Gasteiger partial charge in [0.15, 0.2) is 0 Å². The Balaban J connectivity index is 1.56. The molecule has 1 unspecified atom stereocenters. The lowest BCUT2D eigenvalue weighted by molar-refractivity contribution is 0.246. The summed E-state index contributed by atoms with van der Waals surface area (Å²) in [6, 6.07) is 21.5. The summed E-state index contributed by atoms with van der Waals surface area (Å²) >= 11 is 0. The van der Waals surface area contributed by atoms with E-state index in [0.717, 1.165) is 48.0 Å². The van der Waals surface area contributed by atoms with E-state index >= 15 is 0 Å². The third kappa shape index (κ3) is 4.51. The van der Waals surface area contributed by atoms with Crippen molar-refractivity contribution in [3.8, 4) is 0 Å². The Labute approximate surface area is 179 Å². The highest BCUT2D eigenvalue weighted by molar-refractivity contribution is 7.89. The van der Waals surface area contributed by atoms with Crippen molar-refractivity contribution in [1.29, 1.82) is 0 Å². The number of hydrogen-bond donors (Lipinski definition) is 1. The van der Waals surface area contributed by atoms with Gasteiger partial charge in [-0.3, -0.25) is 4.90 Å². The molecule has 30 heavy (non-hydrogen) atoms. The average Bonchev–Trinajstić information content (AvgIpc) is 3.28. The maximum absolute atomic E-state index is 13.0. The summed E-state index contributed by atoms with van der Waals surface area (Å²) in [5.41, 5.74) is 2.28. The van der Waals surface area contributed by atoms with Gasteiger partial charge in [-0.1, -0.05) is 42.5 Å². The molecule has 1 heterocycles. The Kier molecular flexibility index (Phi) is 6.09. The van der Waals surface area contributed by atoms with Crippen molar-refractivity contribution in [3.05, 3.63) is 72.3 Å². The van der Waals surface area contributed by atoms with Crippen LogP contribution in [0.3, 0.4) is 0 Å². The standard InChI is InChI=1S/C24H29N3O2S/c1-26(2)22-12-9-20(10-13-22)24(27-15-5-6-16-27)18-25-30(28,29)23-14-11-19-7-3-4-8-21(19)17-23/h3-4,7-14,17,24-25H,5-6,15-16,18H2,1-2H3. The molecule has 1 saturated heterocycles. The summed E-state index contributed by atoms with van der Waals surface area (Å²) in [5, 5.41) is 1.96. The van der Waals surface area contributed by atoms with Gasteiger partial charge in [-0.2, -0.15) is 0 Å². The lowest BCUT2D eigenvalue weighted by Crippen LogP contribution is -2.36. The molecule has 0 aromatic heterocycles. The second-order valence-corrected chi connectivity index (χ2v) is 9.87. The van der Waals surface area contributed by atoms with Gasteiger partial charge in [0.1, 0.15) is 0 Å². The topological polar surface area (TPSA) is 52.7 Å². The van der Waals surface area contributed by atoms with E-state index in [2.05, 4.69) is 38.8 Å². The minimum atomic E-state index is -3.59. The molecule has 0 bridgehead atoms. The molecule has 6 heteroatoms. The van der Waals surface area contributed by atoms with Gasteiger partial charge in [-0.25, -0.2) is 13.1 Å². The third-order valence-corrected chi connectivity index (χ3v) is 7.29. The Morgan fingerprint density at radius 2 is 1.60 bits per heavy atom. The molecular formula is C24H29N3O2S. The van der Waals surface area contributed by atoms with Crippen LogP contribution < -0.4 is 9.62 Å². The molecule has 1 aliphatic rings. The molecule has 158 valence electrons. The molecular weight excluding hydrogens is 394 g/mol. The highest BCUT2D eigenvalue weighted by atomic mass is 32.2. The molecule has 3 aromatic carbocycles. The van der Waals surface area contributed by atoms with Gasteiger partial charge in [-0.05, 0) is 66.5 Å². The molecule has 0 saturated carbocycles. The van der Waals surface area contributed by atoms with Crippen LogP contribution >= 0.6 is 0 Å². The monoisotopic (exact) mass is 423 g/mol. The highest BCUT2D eigenvalue weighted by Gasteiger charge is 2.26. The van der Waals surface area contributed by atoms with Gasteiger partial charge in [0.05, 0.1) is 4.90 Å². The van der Waals surface area contributed by atoms with Crippen molar-refractivity contribution in [2.45, 2.75) is 23.8 Å². The zero-order chi connectivity index (χ0) is 21.1. The van der Waals surface area contributed by atoms with Gasteiger partial charge in [0.25, 0.3) is 0 Å². The number of rotatable bonds is 7. The van der Waals surface area contributed by atoms with E-state index in [9.17, 15) is 8.42 Å². The molecule has 1 N–H and O–H groups in total. The van der Waals surface area contributed by atoms with Crippen molar-refractivity contribution in [2.24, 2.45) is 0 Å². The normalized spacial score (nSPS) is 16.1.